The van der Waals surface area contributed by atoms with Gasteiger partial charge in [-0.1, -0.05) is 71.0 Å². The maximum absolute atomic E-state index is 5.20. The van der Waals surface area contributed by atoms with Crippen LogP contribution in [0.2, 0.25) is 0 Å². The molecule has 0 radical (unpaired) electrons. The van der Waals surface area contributed by atoms with Crippen molar-refractivity contribution in [1.29, 1.82) is 0 Å². The van der Waals surface area contributed by atoms with E-state index in [4.69, 9.17) is 9.97 Å². The molecule has 1 unspecified atom stereocenters. The van der Waals surface area contributed by atoms with Gasteiger partial charge >= 0.3 is 0 Å². The average molecular weight is 413 g/mol. The highest BCUT2D eigenvalue weighted by molar-refractivity contribution is 5.86. The largest absolute Gasteiger partial charge is 0.302 e. The van der Waals surface area contributed by atoms with Crippen molar-refractivity contribution in [1.82, 2.24) is 9.97 Å². The summed E-state index contributed by atoms with van der Waals surface area (Å²) in [5, 5.41) is 0. The molecule has 160 valence electrons. The minimum absolute atomic E-state index is 0.0520. The third-order valence-corrected chi connectivity index (χ3v) is 7.25. The van der Waals surface area contributed by atoms with Crippen molar-refractivity contribution >= 4 is 23.0 Å². The first-order valence-electron chi connectivity index (χ1n) is 11.5. The van der Waals surface area contributed by atoms with Crippen LogP contribution >= 0.6 is 0 Å². The molecule has 4 heteroatoms. The van der Waals surface area contributed by atoms with Crippen molar-refractivity contribution in [3.05, 3.63) is 72.1 Å². The summed E-state index contributed by atoms with van der Waals surface area (Å²) in [5.74, 6) is 1.94. The van der Waals surface area contributed by atoms with E-state index in [1.807, 2.05) is 6.20 Å². The fourth-order valence-corrected chi connectivity index (χ4v) is 5.32. The summed E-state index contributed by atoms with van der Waals surface area (Å²) in [5.41, 5.74) is 5.03. The molecule has 4 nitrogen and oxygen atoms in total. The van der Waals surface area contributed by atoms with Crippen LogP contribution in [0.15, 0.2) is 60.8 Å². The van der Waals surface area contributed by atoms with E-state index in [-0.39, 0.29) is 17.0 Å². The third-order valence-electron chi connectivity index (χ3n) is 7.25. The van der Waals surface area contributed by atoms with Crippen LogP contribution in [-0.2, 0) is 10.8 Å². The monoisotopic (exact) mass is 412 g/mol. The highest BCUT2D eigenvalue weighted by Crippen LogP contribution is 2.56. The number of para-hydroxylation sites is 2. The molecule has 0 fully saturated rings. The summed E-state index contributed by atoms with van der Waals surface area (Å²) in [6.45, 7) is 11.3. The number of hydrogen-bond donors (Lipinski definition) is 0. The van der Waals surface area contributed by atoms with Gasteiger partial charge in [-0.2, -0.15) is 0 Å². The van der Waals surface area contributed by atoms with E-state index in [0.717, 1.165) is 36.6 Å². The third kappa shape index (κ3) is 2.95. The van der Waals surface area contributed by atoms with Gasteiger partial charge in [0.1, 0.15) is 6.17 Å². The maximum atomic E-state index is 5.20. The summed E-state index contributed by atoms with van der Waals surface area (Å²) in [6.07, 6.45) is 5.43. The van der Waals surface area contributed by atoms with E-state index in [1.165, 1.54) is 16.9 Å². The topological polar surface area (TPSA) is 32.3 Å². The second kappa shape index (κ2) is 7.08. The molecule has 3 aromatic rings. The van der Waals surface area contributed by atoms with E-state index in [1.54, 1.807) is 0 Å². The smallest absolute Gasteiger partial charge is 0.178 e. The summed E-state index contributed by atoms with van der Waals surface area (Å²) in [4.78, 5) is 15.1. The van der Waals surface area contributed by atoms with Crippen LogP contribution in [0, 0.1) is 0 Å². The summed E-state index contributed by atoms with van der Waals surface area (Å²) in [6, 6.07) is 19.6. The molecule has 31 heavy (non-hydrogen) atoms. The Morgan fingerprint density at radius 3 is 2.26 bits per heavy atom. The van der Waals surface area contributed by atoms with Crippen LogP contribution < -0.4 is 9.80 Å². The van der Waals surface area contributed by atoms with Gasteiger partial charge < -0.3 is 9.80 Å². The van der Waals surface area contributed by atoms with Gasteiger partial charge in [-0.05, 0) is 43.0 Å². The summed E-state index contributed by atoms with van der Waals surface area (Å²) < 4.78 is 0. The van der Waals surface area contributed by atoms with E-state index in [2.05, 4.69) is 99.0 Å². The zero-order valence-electron chi connectivity index (χ0n) is 19.3. The Bertz CT molecular complexity index is 1100. The molecule has 2 aliphatic heterocycles. The molecule has 0 saturated carbocycles. The Labute approximate surface area is 186 Å². The number of fused-ring (bicyclic) bond motifs is 5. The van der Waals surface area contributed by atoms with Crippen molar-refractivity contribution in [2.75, 3.05) is 9.80 Å². The molecule has 0 bridgehead atoms. The Hall–Kier alpha value is -2.88. The Kier molecular flexibility index (Phi) is 4.58. The molecule has 0 amide bonds. The van der Waals surface area contributed by atoms with Crippen LogP contribution in [-0.4, -0.2) is 16.1 Å². The number of rotatable bonds is 3. The molecule has 0 spiro atoms. The fourth-order valence-electron chi connectivity index (χ4n) is 5.32. The number of aromatic nitrogens is 2. The van der Waals surface area contributed by atoms with Gasteiger partial charge in [0.2, 0.25) is 0 Å². The molecule has 0 saturated heterocycles. The molecule has 5 rings (SSSR count). The summed E-state index contributed by atoms with van der Waals surface area (Å²) in [7, 11) is 0. The van der Waals surface area contributed by atoms with Crippen LogP contribution in [0.1, 0.15) is 65.1 Å². The second-order valence-corrected chi connectivity index (χ2v) is 9.92. The quantitative estimate of drug-likeness (QED) is 0.471. The van der Waals surface area contributed by atoms with E-state index in [0.29, 0.717) is 0 Å². The molecule has 3 heterocycles. The van der Waals surface area contributed by atoms with Gasteiger partial charge in [0.15, 0.2) is 11.6 Å². The van der Waals surface area contributed by atoms with Crippen molar-refractivity contribution < 1.29 is 0 Å². The predicted molar refractivity (Wildman–Crippen MR) is 129 cm³/mol. The molecule has 0 aliphatic carbocycles. The highest BCUT2D eigenvalue weighted by atomic mass is 15.5. The van der Waals surface area contributed by atoms with Crippen LogP contribution in [0.5, 0.6) is 0 Å². The van der Waals surface area contributed by atoms with Crippen molar-refractivity contribution in [2.24, 2.45) is 0 Å². The lowest BCUT2D eigenvalue weighted by Crippen LogP contribution is -2.48. The zero-order valence-corrected chi connectivity index (χ0v) is 19.3. The molecule has 0 N–H and O–H groups in total. The first-order valence-corrected chi connectivity index (χ1v) is 11.5. The van der Waals surface area contributed by atoms with Crippen molar-refractivity contribution in [2.45, 2.75) is 70.9 Å². The molecule has 1 aromatic heterocycles. The Balaban J connectivity index is 1.78. The van der Waals surface area contributed by atoms with Crippen LogP contribution in [0.25, 0.3) is 0 Å². The lowest BCUT2D eigenvalue weighted by molar-refractivity contribution is 0.322. The molecule has 2 aliphatic rings. The highest BCUT2D eigenvalue weighted by Gasteiger charge is 2.50. The van der Waals surface area contributed by atoms with Crippen LogP contribution in [0.4, 0.5) is 23.0 Å². The van der Waals surface area contributed by atoms with E-state index >= 15 is 0 Å². The Morgan fingerprint density at radius 1 is 0.903 bits per heavy atom. The maximum Gasteiger partial charge on any atom is 0.178 e. The minimum atomic E-state index is -0.0520. The van der Waals surface area contributed by atoms with Crippen molar-refractivity contribution in [3.8, 4) is 0 Å². The number of benzene rings is 2. The average Bonchev–Trinajstić information content (AvgIpc) is 3.11. The molecular formula is C27H32N4. The Morgan fingerprint density at radius 2 is 1.58 bits per heavy atom. The van der Waals surface area contributed by atoms with E-state index < -0.39 is 0 Å². The number of nitrogens with zero attached hydrogens (tertiary/aromatic N) is 4. The standard InChI is InChI=1S/C27H32N4/c1-6-27(7-2)17-23-30(19-13-9-8-10-14-19)24-25(29-22(18-28-24)26(3,4)5)31(23)21-16-12-11-15-20(21)27/h8-16,18,23H,6-7,17H2,1-5H3. The zero-order chi connectivity index (χ0) is 21.8. The van der Waals surface area contributed by atoms with Gasteiger partial charge in [0.25, 0.3) is 0 Å². The molecule has 1 atom stereocenters. The lowest BCUT2D eigenvalue weighted by Gasteiger charge is -2.47. The SMILES string of the molecule is CCC1(CC)CC2N(c3ccccc3)c3ncc(C(C)(C)C)nc3N2c2ccccc21. The van der Waals surface area contributed by atoms with Crippen LogP contribution in [0.3, 0.4) is 0 Å². The molecule has 2 aromatic carbocycles. The van der Waals surface area contributed by atoms with E-state index in [9.17, 15) is 0 Å². The fraction of sp³-hybridized carbons (Fsp3) is 0.407. The lowest BCUT2D eigenvalue weighted by atomic mass is 9.69. The summed E-state index contributed by atoms with van der Waals surface area (Å²) >= 11 is 0. The van der Waals surface area contributed by atoms with Gasteiger partial charge in [-0.3, -0.25) is 0 Å². The van der Waals surface area contributed by atoms with Gasteiger partial charge in [-0.25, -0.2) is 9.97 Å². The first-order chi connectivity index (χ1) is 14.9. The number of anilines is 4. The van der Waals surface area contributed by atoms with Gasteiger partial charge in [-0.15, -0.1) is 0 Å². The number of hydrogen-bond acceptors (Lipinski definition) is 4. The molecular weight excluding hydrogens is 380 g/mol. The van der Waals surface area contributed by atoms with Crippen molar-refractivity contribution in [3.63, 3.8) is 0 Å². The van der Waals surface area contributed by atoms with Gasteiger partial charge in [0.05, 0.1) is 11.9 Å². The normalized spacial score (nSPS) is 19.1. The predicted octanol–water partition coefficient (Wildman–Crippen LogP) is 6.85. The first kappa shape index (κ1) is 20.0. The second-order valence-electron chi connectivity index (χ2n) is 9.92. The van der Waals surface area contributed by atoms with Gasteiger partial charge in [0, 0.05) is 22.2 Å². The minimum Gasteiger partial charge on any atom is -0.302 e.